The predicted octanol–water partition coefficient (Wildman–Crippen LogP) is 2.52. The summed E-state index contributed by atoms with van der Waals surface area (Å²) in [5, 5.41) is 1.19. The minimum Gasteiger partial charge on any atom is -0.350 e. The molecular formula is C15H13N5. The molecule has 5 heteroatoms. The van der Waals surface area contributed by atoms with Crippen LogP contribution in [0, 0.1) is 0 Å². The smallest absolute Gasteiger partial charge is 0.181 e. The Labute approximate surface area is 115 Å². The van der Waals surface area contributed by atoms with Gasteiger partial charge in [0.05, 0.1) is 6.33 Å². The Morgan fingerprint density at radius 1 is 0.950 bits per heavy atom. The zero-order valence-corrected chi connectivity index (χ0v) is 11.3. The van der Waals surface area contributed by atoms with Gasteiger partial charge in [0.2, 0.25) is 0 Å². The Morgan fingerprint density at radius 3 is 2.70 bits per heavy atom. The summed E-state index contributed by atoms with van der Waals surface area (Å²) < 4.78 is 4.08. The highest BCUT2D eigenvalue weighted by molar-refractivity contribution is 6.01. The molecule has 0 unspecified atom stereocenters. The van der Waals surface area contributed by atoms with Crippen LogP contribution in [0.25, 0.3) is 33.3 Å². The van der Waals surface area contributed by atoms with E-state index in [0.29, 0.717) is 0 Å². The summed E-state index contributed by atoms with van der Waals surface area (Å²) in [4.78, 5) is 13.0. The second-order valence-corrected chi connectivity index (χ2v) is 4.92. The summed E-state index contributed by atoms with van der Waals surface area (Å²) in [6.45, 7) is 0. The number of rotatable bonds is 1. The molecule has 5 nitrogen and oxygen atoms in total. The SMILES string of the molecule is Cn1cc(-c2ncnc3ncn(C)c23)c2ccccc21. The van der Waals surface area contributed by atoms with Crippen LogP contribution in [0.5, 0.6) is 0 Å². The summed E-state index contributed by atoms with van der Waals surface area (Å²) in [6, 6.07) is 8.33. The summed E-state index contributed by atoms with van der Waals surface area (Å²) in [7, 11) is 4.01. The van der Waals surface area contributed by atoms with Gasteiger partial charge in [-0.2, -0.15) is 0 Å². The first-order valence-electron chi connectivity index (χ1n) is 6.42. The lowest BCUT2D eigenvalue weighted by Crippen LogP contribution is -1.92. The molecule has 0 radical (unpaired) electrons. The quantitative estimate of drug-likeness (QED) is 0.530. The van der Waals surface area contributed by atoms with Crippen molar-refractivity contribution in [3.63, 3.8) is 0 Å². The number of hydrogen-bond donors (Lipinski definition) is 0. The van der Waals surface area contributed by atoms with Gasteiger partial charge < -0.3 is 9.13 Å². The van der Waals surface area contributed by atoms with Gasteiger partial charge >= 0.3 is 0 Å². The highest BCUT2D eigenvalue weighted by Gasteiger charge is 2.15. The van der Waals surface area contributed by atoms with Crippen LogP contribution in [0.4, 0.5) is 0 Å². The lowest BCUT2D eigenvalue weighted by Gasteiger charge is -2.02. The van der Waals surface area contributed by atoms with E-state index in [1.807, 2.05) is 30.8 Å². The van der Waals surface area contributed by atoms with Crippen molar-refractivity contribution >= 4 is 22.1 Å². The highest BCUT2D eigenvalue weighted by atomic mass is 15.1. The van der Waals surface area contributed by atoms with Crippen molar-refractivity contribution in [1.29, 1.82) is 0 Å². The van der Waals surface area contributed by atoms with Gasteiger partial charge in [0, 0.05) is 36.8 Å². The second kappa shape index (κ2) is 3.90. The molecule has 3 heterocycles. The van der Waals surface area contributed by atoms with E-state index < -0.39 is 0 Å². The van der Waals surface area contributed by atoms with Gasteiger partial charge in [-0.05, 0) is 6.07 Å². The summed E-state index contributed by atoms with van der Waals surface area (Å²) in [5.41, 5.74) is 4.91. The molecule has 0 spiro atoms. The molecule has 4 aromatic rings. The molecule has 0 bridgehead atoms. The van der Waals surface area contributed by atoms with E-state index in [2.05, 4.69) is 37.8 Å². The summed E-state index contributed by atoms with van der Waals surface area (Å²) in [6.07, 6.45) is 5.46. The van der Waals surface area contributed by atoms with E-state index in [4.69, 9.17) is 0 Å². The van der Waals surface area contributed by atoms with Crippen molar-refractivity contribution in [2.75, 3.05) is 0 Å². The molecule has 0 amide bonds. The first kappa shape index (κ1) is 11.2. The van der Waals surface area contributed by atoms with Crippen LogP contribution >= 0.6 is 0 Å². The van der Waals surface area contributed by atoms with Crippen LogP contribution in [0.15, 0.2) is 43.1 Å². The van der Waals surface area contributed by atoms with Gasteiger partial charge in [0.15, 0.2) is 5.65 Å². The van der Waals surface area contributed by atoms with E-state index in [9.17, 15) is 0 Å². The molecule has 0 atom stereocenters. The number of nitrogens with zero attached hydrogens (tertiary/aromatic N) is 5. The van der Waals surface area contributed by atoms with Crippen LogP contribution in [-0.2, 0) is 14.1 Å². The van der Waals surface area contributed by atoms with Crippen molar-refractivity contribution in [1.82, 2.24) is 24.1 Å². The molecule has 98 valence electrons. The van der Waals surface area contributed by atoms with Crippen molar-refractivity contribution in [2.24, 2.45) is 14.1 Å². The number of aryl methyl sites for hydroxylation is 2. The van der Waals surface area contributed by atoms with Gasteiger partial charge in [0.1, 0.15) is 17.5 Å². The van der Waals surface area contributed by atoms with Crippen molar-refractivity contribution < 1.29 is 0 Å². The van der Waals surface area contributed by atoms with Crippen LogP contribution < -0.4 is 0 Å². The third-order valence-electron chi connectivity index (χ3n) is 3.66. The first-order chi connectivity index (χ1) is 9.75. The van der Waals surface area contributed by atoms with E-state index in [0.717, 1.165) is 22.4 Å². The molecule has 0 saturated heterocycles. The van der Waals surface area contributed by atoms with Crippen LogP contribution in [0.3, 0.4) is 0 Å². The van der Waals surface area contributed by atoms with Gasteiger partial charge in [0.25, 0.3) is 0 Å². The number of imidazole rings is 1. The normalized spacial score (nSPS) is 11.5. The zero-order chi connectivity index (χ0) is 13.7. The van der Waals surface area contributed by atoms with Crippen LogP contribution in [0.1, 0.15) is 0 Å². The Balaban J connectivity index is 2.14. The molecule has 0 saturated carbocycles. The van der Waals surface area contributed by atoms with Gasteiger partial charge in [-0.15, -0.1) is 0 Å². The summed E-state index contributed by atoms with van der Waals surface area (Å²) >= 11 is 0. The number of benzene rings is 1. The maximum absolute atomic E-state index is 4.49. The Morgan fingerprint density at radius 2 is 1.80 bits per heavy atom. The number of fused-ring (bicyclic) bond motifs is 2. The molecule has 0 aliphatic heterocycles. The molecule has 1 aromatic carbocycles. The molecular weight excluding hydrogens is 250 g/mol. The van der Waals surface area contributed by atoms with Gasteiger partial charge in [-0.25, -0.2) is 15.0 Å². The van der Waals surface area contributed by atoms with Gasteiger partial charge in [-0.1, -0.05) is 18.2 Å². The predicted molar refractivity (Wildman–Crippen MR) is 78.2 cm³/mol. The molecule has 0 aliphatic carbocycles. The second-order valence-electron chi connectivity index (χ2n) is 4.92. The molecule has 0 N–H and O–H groups in total. The Hall–Kier alpha value is -2.69. The van der Waals surface area contributed by atoms with Crippen molar-refractivity contribution in [2.45, 2.75) is 0 Å². The van der Waals surface area contributed by atoms with Crippen LogP contribution in [-0.4, -0.2) is 24.1 Å². The van der Waals surface area contributed by atoms with Crippen LogP contribution in [0.2, 0.25) is 0 Å². The number of aromatic nitrogens is 5. The first-order valence-corrected chi connectivity index (χ1v) is 6.42. The topological polar surface area (TPSA) is 48.5 Å². The monoisotopic (exact) mass is 263 g/mol. The third-order valence-corrected chi connectivity index (χ3v) is 3.66. The fraction of sp³-hybridized carbons (Fsp3) is 0.133. The molecule has 0 fully saturated rings. The fourth-order valence-electron chi connectivity index (χ4n) is 2.72. The lowest BCUT2D eigenvalue weighted by molar-refractivity contribution is 0.944. The molecule has 3 aromatic heterocycles. The van der Waals surface area contributed by atoms with E-state index >= 15 is 0 Å². The van der Waals surface area contributed by atoms with E-state index in [-0.39, 0.29) is 0 Å². The maximum atomic E-state index is 4.49. The number of hydrogen-bond acceptors (Lipinski definition) is 3. The average molecular weight is 263 g/mol. The van der Waals surface area contributed by atoms with Gasteiger partial charge in [-0.3, -0.25) is 0 Å². The maximum Gasteiger partial charge on any atom is 0.181 e. The average Bonchev–Trinajstić information content (AvgIpc) is 3.01. The van der Waals surface area contributed by atoms with Crippen molar-refractivity contribution in [3.05, 3.63) is 43.1 Å². The Bertz CT molecular complexity index is 932. The molecule has 20 heavy (non-hydrogen) atoms. The zero-order valence-electron chi connectivity index (χ0n) is 11.3. The molecule has 4 rings (SSSR count). The summed E-state index contributed by atoms with van der Waals surface area (Å²) in [5.74, 6) is 0. The fourth-order valence-corrected chi connectivity index (χ4v) is 2.72. The minimum absolute atomic E-state index is 0.727. The Kier molecular flexibility index (Phi) is 2.18. The van der Waals surface area contributed by atoms with E-state index in [1.54, 1.807) is 12.7 Å². The lowest BCUT2D eigenvalue weighted by atomic mass is 10.1. The minimum atomic E-state index is 0.727. The standard InChI is InChI=1S/C15H13N5/c1-19-7-11(10-5-3-4-6-12(10)19)13-14-15(17-8-16-13)18-9-20(14)2/h3-9H,1-2H3. The highest BCUT2D eigenvalue weighted by Crippen LogP contribution is 2.32. The van der Waals surface area contributed by atoms with E-state index in [1.165, 1.54) is 10.9 Å². The third kappa shape index (κ3) is 1.40. The largest absolute Gasteiger partial charge is 0.350 e. The van der Waals surface area contributed by atoms with Crippen molar-refractivity contribution in [3.8, 4) is 11.3 Å². The number of para-hydroxylation sites is 1. The molecule has 0 aliphatic rings.